The summed E-state index contributed by atoms with van der Waals surface area (Å²) in [5.41, 5.74) is 1.41. The molecule has 2 heterocycles. The van der Waals surface area contributed by atoms with Crippen LogP contribution in [0.2, 0.25) is 5.02 Å². The Kier molecular flexibility index (Phi) is 4.19. The minimum atomic E-state index is -0.435. The molecule has 0 aliphatic carbocycles. The molecule has 7 heteroatoms. The van der Waals surface area contributed by atoms with E-state index in [4.69, 9.17) is 11.6 Å². The number of rotatable bonds is 3. The van der Waals surface area contributed by atoms with Gasteiger partial charge < -0.3 is 5.32 Å². The fraction of sp³-hybridized carbons (Fsp3) is 0.188. The van der Waals surface area contributed by atoms with Gasteiger partial charge in [0.25, 0.3) is 11.5 Å². The van der Waals surface area contributed by atoms with Gasteiger partial charge in [0.05, 0.1) is 0 Å². The molecule has 1 N–H and O–H groups in total. The topological polar surface area (TPSA) is 63.5 Å². The molecule has 3 rings (SSSR count). The van der Waals surface area contributed by atoms with Crippen LogP contribution in [0.5, 0.6) is 0 Å². The minimum Gasteiger partial charge on any atom is -0.348 e. The quantitative estimate of drug-likeness (QED) is 0.792. The number of hydrogen-bond donors (Lipinski definition) is 1. The van der Waals surface area contributed by atoms with Gasteiger partial charge in [0.15, 0.2) is 4.96 Å². The molecule has 3 aromatic rings. The van der Waals surface area contributed by atoms with Crippen LogP contribution >= 0.6 is 22.9 Å². The molecular formula is C16H14ClN3O2S. The first-order valence-electron chi connectivity index (χ1n) is 6.98. The van der Waals surface area contributed by atoms with Crippen LogP contribution in [-0.4, -0.2) is 15.3 Å². The maximum atomic E-state index is 12.5. The zero-order valence-corrected chi connectivity index (χ0v) is 14.2. The maximum absolute atomic E-state index is 12.5. The molecule has 0 aliphatic heterocycles. The highest BCUT2D eigenvalue weighted by atomic mass is 35.5. The third kappa shape index (κ3) is 3.00. The van der Waals surface area contributed by atoms with E-state index < -0.39 is 5.91 Å². The van der Waals surface area contributed by atoms with E-state index >= 15 is 0 Å². The van der Waals surface area contributed by atoms with Crippen molar-refractivity contribution in [3.63, 3.8) is 0 Å². The van der Waals surface area contributed by atoms with Crippen molar-refractivity contribution >= 4 is 33.8 Å². The lowest BCUT2D eigenvalue weighted by Crippen LogP contribution is -2.31. The summed E-state index contributed by atoms with van der Waals surface area (Å²) in [4.78, 5) is 30.6. The number of thiazole rings is 1. The van der Waals surface area contributed by atoms with Gasteiger partial charge in [0.1, 0.15) is 5.56 Å². The lowest BCUT2D eigenvalue weighted by atomic mass is 10.2. The molecule has 118 valence electrons. The molecule has 0 saturated carbocycles. The molecule has 0 aliphatic rings. The number of hydrogen-bond acceptors (Lipinski definition) is 4. The van der Waals surface area contributed by atoms with E-state index in [1.807, 2.05) is 26.0 Å². The Bertz CT molecular complexity index is 944. The molecule has 23 heavy (non-hydrogen) atoms. The monoisotopic (exact) mass is 347 g/mol. The van der Waals surface area contributed by atoms with E-state index in [1.165, 1.54) is 21.9 Å². The standard InChI is InChI=1S/C16H14ClN3O2S/c1-9-10(2)23-16-19-8-13(15(22)20(9)16)14(21)18-7-11-3-5-12(17)6-4-11/h3-6,8H,7H2,1-2H3,(H,18,21). The van der Waals surface area contributed by atoms with Gasteiger partial charge in [-0.05, 0) is 31.5 Å². The lowest BCUT2D eigenvalue weighted by Gasteiger charge is -2.05. The Morgan fingerprint density at radius 2 is 2.00 bits per heavy atom. The van der Waals surface area contributed by atoms with Crippen molar-refractivity contribution in [3.05, 3.63) is 67.5 Å². The van der Waals surface area contributed by atoms with Crippen molar-refractivity contribution in [2.24, 2.45) is 0 Å². The second-order valence-corrected chi connectivity index (χ2v) is 6.77. The van der Waals surface area contributed by atoms with Gasteiger partial charge in [-0.1, -0.05) is 23.7 Å². The van der Waals surface area contributed by atoms with Gasteiger partial charge in [-0.2, -0.15) is 0 Å². The molecule has 0 unspecified atom stereocenters. The normalized spacial score (nSPS) is 10.9. The first-order valence-corrected chi connectivity index (χ1v) is 8.17. The summed E-state index contributed by atoms with van der Waals surface area (Å²) in [6.07, 6.45) is 1.34. The molecule has 0 atom stereocenters. The predicted molar refractivity (Wildman–Crippen MR) is 91.4 cm³/mol. The third-order valence-corrected chi connectivity index (χ3v) is 4.95. The Hall–Kier alpha value is -2.18. The Morgan fingerprint density at radius 1 is 1.30 bits per heavy atom. The average Bonchev–Trinajstić information content (AvgIpc) is 2.82. The van der Waals surface area contributed by atoms with E-state index in [9.17, 15) is 9.59 Å². The molecule has 5 nitrogen and oxygen atoms in total. The number of fused-ring (bicyclic) bond motifs is 1. The average molecular weight is 348 g/mol. The van der Waals surface area contributed by atoms with Gasteiger partial charge in [-0.25, -0.2) is 4.98 Å². The summed E-state index contributed by atoms with van der Waals surface area (Å²) in [7, 11) is 0. The zero-order chi connectivity index (χ0) is 16.6. The highest BCUT2D eigenvalue weighted by Crippen LogP contribution is 2.18. The van der Waals surface area contributed by atoms with Crippen LogP contribution < -0.4 is 10.9 Å². The van der Waals surface area contributed by atoms with Crippen LogP contribution in [0.3, 0.4) is 0 Å². The number of amides is 1. The van der Waals surface area contributed by atoms with Gasteiger partial charge in [0, 0.05) is 28.3 Å². The van der Waals surface area contributed by atoms with Crippen molar-refractivity contribution in [1.29, 1.82) is 0 Å². The van der Waals surface area contributed by atoms with Gasteiger partial charge in [0.2, 0.25) is 0 Å². The van der Waals surface area contributed by atoms with E-state index in [2.05, 4.69) is 10.3 Å². The fourth-order valence-electron chi connectivity index (χ4n) is 2.21. The Balaban J connectivity index is 1.86. The summed E-state index contributed by atoms with van der Waals surface area (Å²) in [6, 6.07) is 7.15. The Morgan fingerprint density at radius 3 is 2.70 bits per heavy atom. The molecule has 0 radical (unpaired) electrons. The van der Waals surface area contributed by atoms with E-state index in [1.54, 1.807) is 12.1 Å². The third-order valence-electron chi connectivity index (χ3n) is 3.63. The van der Waals surface area contributed by atoms with Crippen LogP contribution in [0.1, 0.15) is 26.5 Å². The molecule has 1 amide bonds. The number of nitrogens with one attached hydrogen (secondary N) is 1. The van der Waals surface area contributed by atoms with Crippen molar-refractivity contribution in [3.8, 4) is 0 Å². The molecule has 1 aromatic carbocycles. The molecule has 0 fully saturated rings. The second kappa shape index (κ2) is 6.14. The first kappa shape index (κ1) is 15.7. The number of carbonyl (C=O) groups is 1. The summed E-state index contributed by atoms with van der Waals surface area (Å²) in [5, 5.41) is 3.37. The molecule has 0 spiro atoms. The van der Waals surface area contributed by atoms with Crippen molar-refractivity contribution in [1.82, 2.24) is 14.7 Å². The number of carbonyl (C=O) groups excluding carboxylic acids is 1. The van der Waals surface area contributed by atoms with Crippen LogP contribution in [0.4, 0.5) is 0 Å². The van der Waals surface area contributed by atoms with Gasteiger partial charge in [-0.15, -0.1) is 11.3 Å². The van der Waals surface area contributed by atoms with E-state index in [-0.39, 0.29) is 11.1 Å². The largest absolute Gasteiger partial charge is 0.348 e. The van der Waals surface area contributed by atoms with E-state index in [0.717, 1.165) is 16.1 Å². The maximum Gasteiger partial charge on any atom is 0.271 e. The Labute approximate surface area is 141 Å². The minimum absolute atomic E-state index is 0.0392. The number of aryl methyl sites for hydroxylation is 2. The first-order chi connectivity index (χ1) is 11.0. The van der Waals surface area contributed by atoms with E-state index in [0.29, 0.717) is 16.5 Å². The van der Waals surface area contributed by atoms with Crippen molar-refractivity contribution < 1.29 is 4.79 Å². The number of nitrogens with zero attached hydrogens (tertiary/aromatic N) is 2. The second-order valence-electron chi connectivity index (χ2n) is 5.15. The van der Waals surface area contributed by atoms with Crippen LogP contribution in [0.25, 0.3) is 4.96 Å². The molecule has 2 aromatic heterocycles. The predicted octanol–water partition coefficient (Wildman–Crippen LogP) is 2.96. The SMILES string of the molecule is Cc1sc2ncc(C(=O)NCc3ccc(Cl)cc3)c(=O)n2c1C. The fourth-order valence-corrected chi connectivity index (χ4v) is 3.27. The highest BCUT2D eigenvalue weighted by Gasteiger charge is 2.16. The van der Waals surface area contributed by atoms with Crippen molar-refractivity contribution in [2.45, 2.75) is 20.4 Å². The van der Waals surface area contributed by atoms with Gasteiger partial charge >= 0.3 is 0 Å². The van der Waals surface area contributed by atoms with Crippen LogP contribution in [0, 0.1) is 13.8 Å². The molecular weight excluding hydrogens is 334 g/mol. The summed E-state index contributed by atoms with van der Waals surface area (Å²) >= 11 is 7.26. The molecule has 0 bridgehead atoms. The van der Waals surface area contributed by atoms with Crippen LogP contribution in [0.15, 0.2) is 35.3 Å². The van der Waals surface area contributed by atoms with Gasteiger partial charge in [-0.3, -0.25) is 14.0 Å². The number of aromatic nitrogens is 2. The smallest absolute Gasteiger partial charge is 0.271 e. The highest BCUT2D eigenvalue weighted by molar-refractivity contribution is 7.17. The zero-order valence-electron chi connectivity index (χ0n) is 12.6. The van der Waals surface area contributed by atoms with Crippen LogP contribution in [-0.2, 0) is 6.54 Å². The summed E-state index contributed by atoms with van der Waals surface area (Å²) < 4.78 is 1.48. The summed E-state index contributed by atoms with van der Waals surface area (Å²) in [5.74, 6) is -0.435. The lowest BCUT2D eigenvalue weighted by molar-refractivity contribution is 0.0949. The molecule has 0 saturated heterocycles. The van der Waals surface area contributed by atoms with Crippen molar-refractivity contribution in [2.75, 3.05) is 0 Å². The summed E-state index contributed by atoms with van der Waals surface area (Å²) in [6.45, 7) is 4.09. The number of benzene rings is 1. The number of halogens is 1.